The van der Waals surface area contributed by atoms with Crippen molar-refractivity contribution in [2.75, 3.05) is 12.0 Å². The molecule has 21 heavy (non-hydrogen) atoms. The Morgan fingerprint density at radius 3 is 2.57 bits per heavy atom. The van der Waals surface area contributed by atoms with Crippen LogP contribution in [0.3, 0.4) is 0 Å². The number of nitro benzene ring substituents is 1. The maximum Gasteiger partial charge on any atom is 0.270 e. The van der Waals surface area contributed by atoms with Crippen LogP contribution in [0.2, 0.25) is 0 Å². The molecule has 0 bridgehead atoms. The lowest BCUT2D eigenvalue weighted by molar-refractivity contribution is -0.385. The van der Waals surface area contributed by atoms with Gasteiger partial charge in [0.1, 0.15) is 4.90 Å². The average Bonchev–Trinajstić information content (AvgIpc) is 2.98. The first-order chi connectivity index (χ1) is 9.94. The fourth-order valence-corrected chi connectivity index (χ4v) is 3.79. The summed E-state index contributed by atoms with van der Waals surface area (Å²) in [5, 5.41) is 10.8. The zero-order valence-corrected chi connectivity index (χ0v) is 12.2. The molecule has 0 radical (unpaired) electrons. The molecule has 1 fully saturated rings. The molecule has 0 saturated heterocycles. The number of benzene rings is 1. The van der Waals surface area contributed by atoms with E-state index in [0.717, 1.165) is 31.7 Å². The van der Waals surface area contributed by atoms with Gasteiger partial charge < -0.3 is 5.43 Å². The number of hydrogen-bond acceptors (Lipinski definition) is 6. The zero-order chi connectivity index (χ0) is 15.5. The fourth-order valence-electron chi connectivity index (χ4n) is 2.49. The van der Waals surface area contributed by atoms with Crippen LogP contribution >= 0.6 is 0 Å². The number of anilines is 1. The second kappa shape index (κ2) is 6.37. The van der Waals surface area contributed by atoms with E-state index < -0.39 is 14.9 Å². The van der Waals surface area contributed by atoms with Crippen molar-refractivity contribution in [3.63, 3.8) is 0 Å². The molecule has 0 amide bonds. The Hall–Kier alpha value is -1.71. The van der Waals surface area contributed by atoms with Crippen LogP contribution in [0.15, 0.2) is 23.1 Å². The molecule has 1 aromatic carbocycles. The SMILES string of the molecule is NNc1ccc([N+](=O)[O-])cc1S(=O)(=O)NCC1CCCC1. The van der Waals surface area contributed by atoms with Crippen molar-refractivity contribution in [3.05, 3.63) is 28.3 Å². The minimum absolute atomic E-state index is 0.125. The van der Waals surface area contributed by atoms with Crippen molar-refractivity contribution in [2.45, 2.75) is 30.6 Å². The molecular formula is C12H18N4O4S. The number of nitrogens with zero attached hydrogens (tertiary/aromatic N) is 1. The van der Waals surface area contributed by atoms with E-state index in [2.05, 4.69) is 10.1 Å². The van der Waals surface area contributed by atoms with Crippen LogP contribution in [-0.2, 0) is 10.0 Å². The monoisotopic (exact) mass is 314 g/mol. The second-order valence-electron chi connectivity index (χ2n) is 5.08. The van der Waals surface area contributed by atoms with Crippen LogP contribution in [0.4, 0.5) is 11.4 Å². The van der Waals surface area contributed by atoms with Crippen molar-refractivity contribution >= 4 is 21.4 Å². The van der Waals surface area contributed by atoms with E-state index in [-0.39, 0.29) is 16.3 Å². The van der Waals surface area contributed by atoms with Gasteiger partial charge in [-0.25, -0.2) is 13.1 Å². The van der Waals surface area contributed by atoms with E-state index in [1.165, 1.54) is 12.1 Å². The van der Waals surface area contributed by atoms with Crippen LogP contribution in [0.1, 0.15) is 25.7 Å². The van der Waals surface area contributed by atoms with Gasteiger partial charge in [0.15, 0.2) is 0 Å². The highest BCUT2D eigenvalue weighted by Crippen LogP contribution is 2.27. The number of nitrogens with one attached hydrogen (secondary N) is 2. The number of hydrogen-bond donors (Lipinski definition) is 3. The Balaban J connectivity index is 2.24. The van der Waals surface area contributed by atoms with Gasteiger partial charge in [-0.2, -0.15) is 0 Å². The molecule has 0 aromatic heterocycles. The van der Waals surface area contributed by atoms with Crippen LogP contribution < -0.4 is 16.0 Å². The lowest BCUT2D eigenvalue weighted by atomic mass is 10.1. The number of sulfonamides is 1. The molecule has 4 N–H and O–H groups in total. The van der Waals surface area contributed by atoms with E-state index in [9.17, 15) is 18.5 Å². The first kappa shape index (κ1) is 15.7. The number of non-ortho nitro benzene ring substituents is 1. The molecule has 1 aliphatic rings. The highest BCUT2D eigenvalue weighted by Gasteiger charge is 2.24. The van der Waals surface area contributed by atoms with Crippen molar-refractivity contribution in [3.8, 4) is 0 Å². The Kier molecular flexibility index (Phi) is 4.76. The summed E-state index contributed by atoms with van der Waals surface area (Å²) in [5.74, 6) is 5.61. The minimum Gasteiger partial charge on any atom is -0.323 e. The largest absolute Gasteiger partial charge is 0.323 e. The highest BCUT2D eigenvalue weighted by molar-refractivity contribution is 7.89. The number of rotatable bonds is 6. The summed E-state index contributed by atoms with van der Waals surface area (Å²) < 4.78 is 27.1. The summed E-state index contributed by atoms with van der Waals surface area (Å²) in [4.78, 5) is 9.93. The molecule has 116 valence electrons. The molecule has 1 aromatic rings. The first-order valence-electron chi connectivity index (χ1n) is 6.69. The van der Waals surface area contributed by atoms with Crippen molar-refractivity contribution in [2.24, 2.45) is 11.8 Å². The summed E-state index contributed by atoms with van der Waals surface area (Å²) in [6.07, 6.45) is 4.22. The molecular weight excluding hydrogens is 296 g/mol. The number of nitrogens with two attached hydrogens (primary N) is 1. The smallest absolute Gasteiger partial charge is 0.270 e. The van der Waals surface area contributed by atoms with Gasteiger partial charge in [0, 0.05) is 18.7 Å². The summed E-state index contributed by atoms with van der Waals surface area (Å²) in [5.41, 5.74) is 2.08. The van der Waals surface area contributed by atoms with Crippen LogP contribution in [-0.4, -0.2) is 19.9 Å². The highest BCUT2D eigenvalue weighted by atomic mass is 32.2. The fraction of sp³-hybridized carbons (Fsp3) is 0.500. The minimum atomic E-state index is -3.84. The first-order valence-corrected chi connectivity index (χ1v) is 8.17. The number of hydrazine groups is 1. The Bertz CT molecular complexity index is 626. The molecule has 8 nitrogen and oxygen atoms in total. The molecule has 0 aliphatic heterocycles. The molecule has 1 saturated carbocycles. The van der Waals surface area contributed by atoms with Gasteiger partial charge in [0.2, 0.25) is 10.0 Å². The predicted molar refractivity (Wildman–Crippen MR) is 78.1 cm³/mol. The number of nitro groups is 1. The van der Waals surface area contributed by atoms with Crippen LogP contribution in [0.5, 0.6) is 0 Å². The van der Waals surface area contributed by atoms with Crippen molar-refractivity contribution in [1.29, 1.82) is 0 Å². The third-order valence-corrected chi connectivity index (χ3v) is 5.12. The van der Waals surface area contributed by atoms with Gasteiger partial charge in [-0.1, -0.05) is 12.8 Å². The van der Waals surface area contributed by atoms with Crippen LogP contribution in [0, 0.1) is 16.0 Å². The Labute approximate surface area is 122 Å². The van der Waals surface area contributed by atoms with Gasteiger partial charge in [0.25, 0.3) is 5.69 Å². The molecule has 9 heteroatoms. The molecule has 2 rings (SSSR count). The average molecular weight is 314 g/mol. The lowest BCUT2D eigenvalue weighted by Crippen LogP contribution is -2.29. The quantitative estimate of drug-likeness (QED) is 0.413. The van der Waals surface area contributed by atoms with Gasteiger partial charge >= 0.3 is 0 Å². The lowest BCUT2D eigenvalue weighted by Gasteiger charge is -2.13. The zero-order valence-electron chi connectivity index (χ0n) is 11.4. The summed E-state index contributed by atoms with van der Waals surface area (Å²) in [7, 11) is -3.84. The molecule has 0 atom stereocenters. The van der Waals surface area contributed by atoms with Crippen molar-refractivity contribution < 1.29 is 13.3 Å². The van der Waals surface area contributed by atoms with Gasteiger partial charge in [-0.3, -0.25) is 16.0 Å². The molecule has 1 aliphatic carbocycles. The normalized spacial score (nSPS) is 16.0. The Morgan fingerprint density at radius 2 is 2.00 bits per heavy atom. The third kappa shape index (κ3) is 3.69. The van der Waals surface area contributed by atoms with E-state index in [0.29, 0.717) is 12.5 Å². The molecule has 0 heterocycles. The van der Waals surface area contributed by atoms with Gasteiger partial charge in [-0.15, -0.1) is 0 Å². The summed E-state index contributed by atoms with van der Waals surface area (Å²) >= 11 is 0. The maximum atomic E-state index is 12.3. The van der Waals surface area contributed by atoms with E-state index >= 15 is 0 Å². The maximum absolute atomic E-state index is 12.3. The van der Waals surface area contributed by atoms with E-state index in [1.54, 1.807) is 0 Å². The second-order valence-corrected chi connectivity index (χ2v) is 6.82. The standard InChI is InChI=1S/C12H18N4O4S/c13-15-11-6-5-10(16(17)18)7-12(11)21(19,20)14-8-9-3-1-2-4-9/h5-7,9,14-15H,1-4,8,13H2. The number of nitrogen functional groups attached to an aromatic ring is 1. The van der Waals surface area contributed by atoms with E-state index in [1.807, 2.05) is 0 Å². The molecule has 0 unspecified atom stereocenters. The molecule has 0 spiro atoms. The predicted octanol–water partition coefficient (Wildman–Crippen LogP) is 1.35. The third-order valence-electron chi connectivity index (χ3n) is 3.66. The van der Waals surface area contributed by atoms with Gasteiger partial charge in [-0.05, 0) is 24.8 Å². The van der Waals surface area contributed by atoms with Crippen LogP contribution in [0.25, 0.3) is 0 Å². The van der Waals surface area contributed by atoms with Gasteiger partial charge in [0.05, 0.1) is 10.6 Å². The van der Waals surface area contributed by atoms with E-state index in [4.69, 9.17) is 5.84 Å². The van der Waals surface area contributed by atoms with Crippen molar-refractivity contribution in [1.82, 2.24) is 4.72 Å². The summed E-state index contributed by atoms with van der Waals surface area (Å²) in [6, 6.07) is 3.49. The summed E-state index contributed by atoms with van der Waals surface area (Å²) in [6.45, 7) is 0.342. The topological polar surface area (TPSA) is 127 Å². The Morgan fingerprint density at radius 1 is 1.33 bits per heavy atom.